The van der Waals surface area contributed by atoms with Gasteiger partial charge < -0.3 is 23.8 Å². The number of esters is 2. The van der Waals surface area contributed by atoms with Crippen LogP contribution in [0.3, 0.4) is 0 Å². The van der Waals surface area contributed by atoms with Gasteiger partial charge in [0.15, 0.2) is 11.5 Å². The summed E-state index contributed by atoms with van der Waals surface area (Å²) in [5, 5.41) is 0.929. The second-order valence-electron chi connectivity index (χ2n) is 9.61. The third kappa shape index (κ3) is 9.57. The van der Waals surface area contributed by atoms with Gasteiger partial charge in [0, 0.05) is 18.8 Å². The van der Waals surface area contributed by atoms with Gasteiger partial charge in [0.25, 0.3) is 0 Å². The maximum atomic E-state index is 12.8. The average Bonchev–Trinajstić information content (AvgIpc) is 3.01. The smallest absolute Gasteiger partial charge is 0.343 e. The Hall–Kier alpha value is -2.84. The van der Waals surface area contributed by atoms with Crippen LogP contribution in [-0.4, -0.2) is 52.5 Å². The van der Waals surface area contributed by atoms with Crippen molar-refractivity contribution in [2.45, 2.75) is 39.0 Å². The molecule has 0 aromatic heterocycles. The van der Waals surface area contributed by atoms with E-state index in [0.29, 0.717) is 25.9 Å². The van der Waals surface area contributed by atoms with Gasteiger partial charge in [-0.2, -0.15) is 0 Å². The van der Waals surface area contributed by atoms with Crippen molar-refractivity contribution in [3.63, 3.8) is 0 Å². The highest BCUT2D eigenvalue weighted by atomic mass is 35.5. The number of nitrogens with zero attached hydrogens (tertiary/aromatic N) is 1. The van der Waals surface area contributed by atoms with Crippen molar-refractivity contribution in [2.75, 3.05) is 45.4 Å². The fourth-order valence-electron chi connectivity index (χ4n) is 4.46. The van der Waals surface area contributed by atoms with E-state index in [-0.39, 0.29) is 55.9 Å². The van der Waals surface area contributed by atoms with Gasteiger partial charge in [0.2, 0.25) is 0 Å². The third-order valence-corrected chi connectivity index (χ3v) is 7.89. The van der Waals surface area contributed by atoms with E-state index in [2.05, 4.69) is 36.1 Å². The zero-order valence-electron chi connectivity index (χ0n) is 24.4. The molecule has 0 aliphatic rings. The van der Waals surface area contributed by atoms with E-state index in [1.54, 1.807) is 12.1 Å². The minimum Gasteiger partial charge on any atom is -0.494 e. The first-order valence-electron chi connectivity index (χ1n) is 13.9. The number of unbranched alkanes of at least 4 members (excludes halogenated alkanes) is 1. The lowest BCUT2D eigenvalue weighted by atomic mass is 10.1. The highest BCUT2D eigenvalue weighted by Crippen LogP contribution is 2.35. The van der Waals surface area contributed by atoms with Crippen molar-refractivity contribution in [3.8, 4) is 11.5 Å². The number of methoxy groups -OCH3 is 2. The zero-order chi connectivity index (χ0) is 31.4. The first kappa shape index (κ1) is 34.6. The average molecular weight is 671 g/mol. The molecule has 232 valence electrons. The summed E-state index contributed by atoms with van der Waals surface area (Å²) in [7, 11) is 2.83. The number of benzene rings is 3. The molecule has 3 aromatic carbocycles. The SMILES string of the molecule is CCCCc1ccc(N(CCCOC(=O)c2c(Cl)ccc(Cl)c2OC)CCCOC(=O)c2c(Cl)ccc(Cl)c2OC)cc1. The van der Waals surface area contributed by atoms with E-state index in [1.807, 2.05) is 0 Å². The predicted molar refractivity (Wildman–Crippen MR) is 173 cm³/mol. The number of carbonyl (C=O) groups excluding carboxylic acids is 2. The first-order chi connectivity index (χ1) is 20.7. The van der Waals surface area contributed by atoms with Crippen LogP contribution in [0.5, 0.6) is 11.5 Å². The molecule has 0 heterocycles. The molecule has 0 bridgehead atoms. The van der Waals surface area contributed by atoms with Gasteiger partial charge in [-0.1, -0.05) is 71.9 Å². The summed E-state index contributed by atoms with van der Waals surface area (Å²) in [6, 6.07) is 14.6. The fourth-order valence-corrected chi connectivity index (χ4v) is 5.38. The summed E-state index contributed by atoms with van der Waals surface area (Å²) < 4.78 is 21.5. The molecule has 43 heavy (non-hydrogen) atoms. The molecule has 0 unspecified atom stereocenters. The first-order valence-corrected chi connectivity index (χ1v) is 15.4. The van der Waals surface area contributed by atoms with Crippen LogP contribution in [-0.2, 0) is 15.9 Å². The van der Waals surface area contributed by atoms with Crippen molar-refractivity contribution in [1.82, 2.24) is 0 Å². The van der Waals surface area contributed by atoms with Gasteiger partial charge in [0.1, 0.15) is 11.1 Å². The lowest BCUT2D eigenvalue weighted by Gasteiger charge is -2.25. The number of carbonyl (C=O) groups is 2. The van der Waals surface area contributed by atoms with Crippen molar-refractivity contribution in [3.05, 3.63) is 85.3 Å². The molecular formula is C32H35Cl4NO6. The van der Waals surface area contributed by atoms with E-state index in [0.717, 1.165) is 24.9 Å². The van der Waals surface area contributed by atoms with Gasteiger partial charge in [-0.3, -0.25) is 0 Å². The number of hydrogen-bond donors (Lipinski definition) is 0. The molecule has 11 heteroatoms. The van der Waals surface area contributed by atoms with Crippen molar-refractivity contribution >= 4 is 64.0 Å². The minimum atomic E-state index is -0.613. The Bertz CT molecular complexity index is 1300. The van der Waals surface area contributed by atoms with Crippen LogP contribution in [0, 0.1) is 0 Å². The molecule has 0 atom stereocenters. The van der Waals surface area contributed by atoms with Crippen LogP contribution in [0.15, 0.2) is 48.5 Å². The highest BCUT2D eigenvalue weighted by molar-refractivity contribution is 6.37. The van der Waals surface area contributed by atoms with Crippen molar-refractivity contribution < 1.29 is 28.5 Å². The molecule has 0 N–H and O–H groups in total. The number of anilines is 1. The molecular weight excluding hydrogens is 636 g/mol. The van der Waals surface area contributed by atoms with Crippen LogP contribution >= 0.6 is 46.4 Å². The Morgan fingerprint density at radius 2 is 1.09 bits per heavy atom. The zero-order valence-corrected chi connectivity index (χ0v) is 27.4. The number of ether oxygens (including phenoxy) is 4. The summed E-state index contributed by atoms with van der Waals surface area (Å²) in [6.45, 7) is 3.65. The van der Waals surface area contributed by atoms with Gasteiger partial charge in [-0.25, -0.2) is 9.59 Å². The van der Waals surface area contributed by atoms with Gasteiger partial charge >= 0.3 is 11.9 Å². The van der Waals surface area contributed by atoms with Gasteiger partial charge in [-0.15, -0.1) is 0 Å². The molecule has 0 radical (unpaired) electrons. The van der Waals surface area contributed by atoms with Crippen LogP contribution in [0.25, 0.3) is 0 Å². The lowest BCUT2D eigenvalue weighted by molar-refractivity contribution is 0.0494. The topological polar surface area (TPSA) is 74.3 Å². The predicted octanol–water partition coefficient (Wildman–Crippen LogP) is 8.96. The molecule has 7 nitrogen and oxygen atoms in total. The standard InChI is InChI=1S/C32H35Cl4NO6/c1-4-5-8-21-9-11-22(12-10-21)37(17-6-19-42-31(38)27-23(33)13-15-25(35)29(27)40-2)18-7-20-43-32(39)28-24(34)14-16-26(36)30(28)41-3/h9-16H,4-8,17-20H2,1-3H3. The van der Waals surface area contributed by atoms with Crippen LogP contribution in [0.4, 0.5) is 5.69 Å². The molecule has 0 saturated carbocycles. The minimum absolute atomic E-state index is 0.0921. The van der Waals surface area contributed by atoms with E-state index in [4.69, 9.17) is 65.4 Å². The molecule has 0 spiro atoms. The maximum absolute atomic E-state index is 12.8. The van der Waals surface area contributed by atoms with Gasteiger partial charge in [0.05, 0.1) is 47.5 Å². The number of aryl methyl sites for hydroxylation is 1. The maximum Gasteiger partial charge on any atom is 0.343 e. The normalized spacial score (nSPS) is 10.8. The van der Waals surface area contributed by atoms with Crippen LogP contribution in [0.1, 0.15) is 58.9 Å². The van der Waals surface area contributed by atoms with Crippen LogP contribution < -0.4 is 14.4 Å². The number of halogens is 4. The number of rotatable bonds is 16. The molecule has 0 saturated heterocycles. The summed E-state index contributed by atoms with van der Waals surface area (Å²) in [6.07, 6.45) is 4.36. The summed E-state index contributed by atoms with van der Waals surface area (Å²) in [5.41, 5.74) is 2.47. The third-order valence-electron chi connectivity index (χ3n) is 6.67. The lowest BCUT2D eigenvalue weighted by Crippen LogP contribution is -2.28. The van der Waals surface area contributed by atoms with Crippen molar-refractivity contribution in [2.24, 2.45) is 0 Å². The Balaban J connectivity index is 1.62. The summed E-state index contributed by atoms with van der Waals surface area (Å²) in [4.78, 5) is 27.7. The largest absolute Gasteiger partial charge is 0.494 e. The Kier molecular flexibility index (Phi) is 14.1. The fraction of sp³-hybridized carbons (Fsp3) is 0.375. The molecule has 0 aliphatic heterocycles. The summed E-state index contributed by atoms with van der Waals surface area (Å²) >= 11 is 24.8. The van der Waals surface area contributed by atoms with E-state index in [1.165, 1.54) is 31.9 Å². The van der Waals surface area contributed by atoms with Crippen LogP contribution in [0.2, 0.25) is 20.1 Å². The quantitative estimate of drug-likeness (QED) is 0.111. The Morgan fingerprint density at radius 3 is 1.51 bits per heavy atom. The molecule has 0 fully saturated rings. The molecule has 0 aliphatic carbocycles. The molecule has 3 aromatic rings. The summed E-state index contributed by atoms with van der Waals surface area (Å²) in [5.74, 6) is -0.873. The second-order valence-corrected chi connectivity index (χ2v) is 11.2. The van der Waals surface area contributed by atoms with Gasteiger partial charge in [-0.05, 0) is 67.6 Å². The van der Waals surface area contributed by atoms with E-state index >= 15 is 0 Å². The Morgan fingerprint density at radius 1 is 0.651 bits per heavy atom. The van der Waals surface area contributed by atoms with Crippen molar-refractivity contribution in [1.29, 1.82) is 0 Å². The molecule has 3 rings (SSSR count). The molecule has 0 amide bonds. The Labute approximate surface area is 272 Å². The highest BCUT2D eigenvalue weighted by Gasteiger charge is 2.22. The second kappa shape index (κ2) is 17.5. The monoisotopic (exact) mass is 669 g/mol. The number of hydrogen-bond acceptors (Lipinski definition) is 7. The van der Waals surface area contributed by atoms with E-state index in [9.17, 15) is 9.59 Å². The van der Waals surface area contributed by atoms with E-state index < -0.39 is 11.9 Å².